The van der Waals surface area contributed by atoms with Gasteiger partial charge in [0.25, 0.3) is 15.2 Å². The van der Waals surface area contributed by atoms with Gasteiger partial charge in [-0.2, -0.15) is 0 Å². The lowest BCUT2D eigenvalue weighted by molar-refractivity contribution is 0.217. The van der Waals surface area contributed by atoms with E-state index >= 15 is 0 Å². The fourth-order valence-corrected chi connectivity index (χ4v) is 5.18. The molecular formula is C14H13BrN2O3S3. The Morgan fingerprint density at radius 2 is 2.26 bits per heavy atom. The summed E-state index contributed by atoms with van der Waals surface area (Å²) in [5.41, 5.74) is 2.23. The van der Waals surface area contributed by atoms with Crippen molar-refractivity contribution in [3.63, 3.8) is 0 Å². The average Bonchev–Trinajstić information content (AvgIpc) is 2.94. The molecule has 122 valence electrons. The monoisotopic (exact) mass is 432 g/mol. The van der Waals surface area contributed by atoms with Gasteiger partial charge in [-0.1, -0.05) is 6.07 Å². The summed E-state index contributed by atoms with van der Waals surface area (Å²) in [7, 11) is -3.59. The summed E-state index contributed by atoms with van der Waals surface area (Å²) in [5.74, 6) is 0. The second-order valence-electron chi connectivity index (χ2n) is 5.07. The molecule has 1 aromatic carbocycles. The fourth-order valence-electron chi connectivity index (χ4n) is 2.27. The zero-order chi connectivity index (χ0) is 16.6. The molecule has 0 amide bonds. The molecule has 2 aromatic rings. The third-order valence-corrected chi connectivity index (χ3v) is 6.87. The minimum atomic E-state index is -3.59. The van der Waals surface area contributed by atoms with Crippen molar-refractivity contribution in [1.29, 1.82) is 0 Å². The summed E-state index contributed by atoms with van der Waals surface area (Å²) in [6.45, 7) is 1.92. The molecule has 0 aliphatic carbocycles. The number of benzene rings is 1. The molecule has 9 heteroatoms. The van der Waals surface area contributed by atoms with Crippen LogP contribution in [0.4, 0.5) is 11.4 Å². The first-order valence-corrected chi connectivity index (χ1v) is 10.3. The van der Waals surface area contributed by atoms with Gasteiger partial charge in [-0.3, -0.25) is 4.72 Å². The van der Waals surface area contributed by atoms with Gasteiger partial charge >= 0.3 is 0 Å². The van der Waals surface area contributed by atoms with E-state index in [9.17, 15) is 8.42 Å². The van der Waals surface area contributed by atoms with E-state index in [1.807, 2.05) is 6.92 Å². The molecule has 1 atom stereocenters. The summed E-state index contributed by atoms with van der Waals surface area (Å²) in [5, 5.41) is 5.06. The third kappa shape index (κ3) is 3.68. The van der Waals surface area contributed by atoms with Crippen LogP contribution in [0.25, 0.3) is 0 Å². The van der Waals surface area contributed by atoms with Crippen LogP contribution < -0.4 is 10.0 Å². The number of rotatable bonds is 3. The molecule has 0 fully saturated rings. The summed E-state index contributed by atoms with van der Waals surface area (Å²) < 4.78 is 33.8. The van der Waals surface area contributed by atoms with Gasteiger partial charge in [-0.25, -0.2) is 8.42 Å². The second kappa shape index (κ2) is 6.39. The molecule has 1 aliphatic rings. The molecule has 2 N–H and O–H groups in total. The molecule has 0 radical (unpaired) electrons. The lowest BCUT2D eigenvalue weighted by Gasteiger charge is -2.13. The van der Waals surface area contributed by atoms with Crippen molar-refractivity contribution in [2.75, 3.05) is 10.0 Å². The Hall–Kier alpha value is -1.16. The van der Waals surface area contributed by atoms with Gasteiger partial charge in [0.05, 0.1) is 5.69 Å². The molecular weight excluding hydrogens is 420 g/mol. The molecule has 0 spiro atoms. The van der Waals surface area contributed by atoms with Crippen LogP contribution >= 0.6 is 39.5 Å². The highest BCUT2D eigenvalue weighted by Gasteiger charge is 2.21. The molecule has 23 heavy (non-hydrogen) atoms. The Kier molecular flexibility index (Phi) is 4.63. The molecule has 0 saturated heterocycles. The van der Waals surface area contributed by atoms with E-state index in [4.69, 9.17) is 17.0 Å². The first-order chi connectivity index (χ1) is 10.8. The number of anilines is 2. The Balaban J connectivity index is 1.97. The summed E-state index contributed by atoms with van der Waals surface area (Å²) >= 11 is 9.68. The van der Waals surface area contributed by atoms with Crippen molar-refractivity contribution < 1.29 is 13.2 Å². The largest absolute Gasteiger partial charge is 0.467 e. The van der Waals surface area contributed by atoms with Crippen molar-refractivity contribution in [3.05, 3.63) is 39.7 Å². The average molecular weight is 433 g/mol. The number of thiophene rings is 1. The van der Waals surface area contributed by atoms with Crippen LogP contribution in [-0.4, -0.2) is 19.7 Å². The first-order valence-electron chi connectivity index (χ1n) is 6.71. The number of nitrogens with one attached hydrogen (secondary N) is 2. The zero-order valence-corrected chi connectivity index (χ0v) is 16.0. The highest BCUT2D eigenvalue weighted by atomic mass is 79.9. The molecule has 1 unspecified atom stereocenters. The van der Waals surface area contributed by atoms with Crippen LogP contribution in [0.15, 0.2) is 38.3 Å². The van der Waals surface area contributed by atoms with Crippen LogP contribution in [0.5, 0.6) is 0 Å². The van der Waals surface area contributed by atoms with E-state index in [0.717, 1.165) is 11.3 Å². The van der Waals surface area contributed by atoms with Crippen molar-refractivity contribution in [2.24, 2.45) is 0 Å². The van der Waals surface area contributed by atoms with E-state index < -0.39 is 10.0 Å². The maximum atomic E-state index is 12.4. The van der Waals surface area contributed by atoms with Gasteiger partial charge in [-0.15, -0.1) is 11.3 Å². The van der Waals surface area contributed by atoms with E-state index in [0.29, 0.717) is 21.8 Å². The van der Waals surface area contributed by atoms with Gasteiger partial charge in [0.1, 0.15) is 10.3 Å². The van der Waals surface area contributed by atoms with E-state index in [2.05, 4.69) is 26.0 Å². The Morgan fingerprint density at radius 1 is 1.48 bits per heavy atom. The van der Waals surface area contributed by atoms with Crippen LogP contribution in [0.2, 0.25) is 0 Å². The van der Waals surface area contributed by atoms with Crippen LogP contribution in [0, 0.1) is 0 Å². The number of hydrogen-bond donors (Lipinski definition) is 2. The van der Waals surface area contributed by atoms with Crippen molar-refractivity contribution in [1.82, 2.24) is 0 Å². The molecule has 0 bridgehead atoms. The van der Waals surface area contributed by atoms with Gasteiger partial charge in [0.15, 0.2) is 0 Å². The SMILES string of the molecule is CC1Cc2cc(NS(=O)(=O)c3cccs3)c(Br)cc2NC(=S)O1. The number of sulfonamides is 1. The Labute approximate surface area is 152 Å². The number of thiocarbonyl (C=S) groups is 1. The molecule has 0 saturated carbocycles. The number of fused-ring (bicyclic) bond motifs is 1. The number of hydrogen-bond acceptors (Lipinski definition) is 5. The predicted molar refractivity (Wildman–Crippen MR) is 99.7 cm³/mol. The Bertz CT molecular complexity index is 850. The summed E-state index contributed by atoms with van der Waals surface area (Å²) in [6.07, 6.45) is 0.544. The molecule has 5 nitrogen and oxygen atoms in total. The summed E-state index contributed by atoms with van der Waals surface area (Å²) in [4.78, 5) is 0. The van der Waals surface area contributed by atoms with Crippen LogP contribution in [0.1, 0.15) is 12.5 Å². The third-order valence-electron chi connectivity index (χ3n) is 3.25. The standard InChI is InChI=1S/C14H13BrN2O3S3/c1-8-5-9-6-12(10(15)7-11(9)16-14(21)20-8)17-23(18,19)13-3-2-4-22-13/h2-4,6-8,17H,5H2,1H3,(H,16,21). The zero-order valence-electron chi connectivity index (χ0n) is 12.0. The molecule has 2 heterocycles. The number of ether oxygens (including phenoxy) is 1. The normalized spacial score (nSPS) is 17.7. The second-order valence-corrected chi connectivity index (χ2v) is 9.15. The van der Waals surface area contributed by atoms with E-state index in [1.165, 1.54) is 11.3 Å². The van der Waals surface area contributed by atoms with Gasteiger partial charge < -0.3 is 10.1 Å². The smallest absolute Gasteiger partial charge is 0.271 e. The fraction of sp³-hybridized carbons (Fsp3) is 0.214. The molecule has 3 rings (SSSR count). The van der Waals surface area contributed by atoms with Crippen LogP contribution in [-0.2, 0) is 21.2 Å². The van der Waals surface area contributed by atoms with Crippen molar-refractivity contribution >= 4 is 66.1 Å². The predicted octanol–water partition coefficient (Wildman–Crippen LogP) is 3.97. The highest BCUT2D eigenvalue weighted by Crippen LogP contribution is 2.34. The maximum absolute atomic E-state index is 12.4. The van der Waals surface area contributed by atoms with E-state index in [1.54, 1.807) is 29.6 Å². The minimum Gasteiger partial charge on any atom is -0.467 e. The van der Waals surface area contributed by atoms with Gasteiger partial charge in [-0.05, 0) is 64.2 Å². The van der Waals surface area contributed by atoms with Crippen molar-refractivity contribution in [3.8, 4) is 0 Å². The Morgan fingerprint density at radius 3 is 2.96 bits per heavy atom. The lowest BCUT2D eigenvalue weighted by Crippen LogP contribution is -2.16. The van der Waals surface area contributed by atoms with Crippen LogP contribution in [0.3, 0.4) is 0 Å². The highest BCUT2D eigenvalue weighted by molar-refractivity contribution is 9.10. The molecule has 1 aromatic heterocycles. The summed E-state index contributed by atoms with van der Waals surface area (Å²) in [6, 6.07) is 6.87. The maximum Gasteiger partial charge on any atom is 0.271 e. The molecule has 1 aliphatic heterocycles. The van der Waals surface area contributed by atoms with Gasteiger partial charge in [0.2, 0.25) is 0 Å². The lowest BCUT2D eigenvalue weighted by atomic mass is 10.1. The van der Waals surface area contributed by atoms with Crippen molar-refractivity contribution in [2.45, 2.75) is 23.7 Å². The minimum absolute atomic E-state index is 0.0841. The number of halogens is 1. The van der Waals surface area contributed by atoms with E-state index in [-0.39, 0.29) is 10.3 Å². The quantitative estimate of drug-likeness (QED) is 0.718. The first kappa shape index (κ1) is 16.7. The topological polar surface area (TPSA) is 67.4 Å². The van der Waals surface area contributed by atoms with Gasteiger partial charge in [0, 0.05) is 16.6 Å².